The molecule has 0 N–H and O–H groups in total. The summed E-state index contributed by atoms with van der Waals surface area (Å²) in [4.78, 5) is 4.45. The second-order valence-electron chi connectivity index (χ2n) is 4.24. The van der Waals surface area contributed by atoms with Gasteiger partial charge in [0, 0.05) is 11.1 Å². The minimum absolute atomic E-state index is 0.371. The van der Waals surface area contributed by atoms with Crippen molar-refractivity contribution in [1.82, 2.24) is 9.55 Å². The van der Waals surface area contributed by atoms with Crippen LogP contribution in [0.25, 0.3) is 11.0 Å². The summed E-state index contributed by atoms with van der Waals surface area (Å²) < 4.78 is 8.71. The maximum atomic E-state index is 5.46. The maximum Gasteiger partial charge on any atom is 0.103 e. The van der Waals surface area contributed by atoms with Crippen LogP contribution in [0.15, 0.2) is 22.9 Å². The Morgan fingerprint density at radius 1 is 1.56 bits per heavy atom. The molecule has 0 amide bonds. The van der Waals surface area contributed by atoms with Crippen molar-refractivity contribution < 1.29 is 4.74 Å². The van der Waals surface area contributed by atoms with Crippen molar-refractivity contribution >= 4 is 27.0 Å². The molecular formula is C12H13BrN2O. The largest absolute Gasteiger partial charge is 0.376 e. The monoisotopic (exact) mass is 280 g/mol. The highest BCUT2D eigenvalue weighted by molar-refractivity contribution is 9.10. The molecule has 1 saturated heterocycles. The van der Waals surface area contributed by atoms with Crippen molar-refractivity contribution in [2.75, 3.05) is 6.61 Å². The molecule has 1 fully saturated rings. The molecule has 2 aromatic rings. The third kappa shape index (κ3) is 1.57. The van der Waals surface area contributed by atoms with Gasteiger partial charge in [-0.2, -0.15) is 0 Å². The molecule has 1 aliphatic rings. The van der Waals surface area contributed by atoms with E-state index in [-0.39, 0.29) is 0 Å². The predicted octanol–water partition coefficient (Wildman–Crippen LogP) is 2.90. The molecule has 16 heavy (non-hydrogen) atoms. The summed E-state index contributed by atoms with van der Waals surface area (Å²) in [7, 11) is 0. The topological polar surface area (TPSA) is 27.1 Å². The summed E-state index contributed by atoms with van der Waals surface area (Å²) >= 11 is 3.53. The fraction of sp³-hybridized carbons (Fsp3) is 0.417. The molecule has 0 aliphatic carbocycles. The first-order valence-corrected chi connectivity index (χ1v) is 6.26. The average Bonchev–Trinajstić information content (AvgIpc) is 2.62. The molecule has 0 bridgehead atoms. The van der Waals surface area contributed by atoms with Gasteiger partial charge in [0.2, 0.25) is 0 Å². The smallest absolute Gasteiger partial charge is 0.103 e. The molecule has 3 nitrogen and oxygen atoms in total. The van der Waals surface area contributed by atoms with Gasteiger partial charge in [0.15, 0.2) is 0 Å². The van der Waals surface area contributed by atoms with Crippen LogP contribution in [0.4, 0.5) is 0 Å². The maximum absolute atomic E-state index is 5.46. The molecule has 0 radical (unpaired) electrons. The zero-order valence-corrected chi connectivity index (χ0v) is 10.7. The zero-order valence-electron chi connectivity index (χ0n) is 9.11. The van der Waals surface area contributed by atoms with Gasteiger partial charge in [-0.1, -0.05) is 6.07 Å². The van der Waals surface area contributed by atoms with Crippen LogP contribution in [0.3, 0.4) is 0 Å². The molecule has 0 saturated carbocycles. The van der Waals surface area contributed by atoms with E-state index in [0.29, 0.717) is 6.10 Å². The number of imidazole rings is 1. The van der Waals surface area contributed by atoms with Crippen LogP contribution in [0, 0.1) is 6.92 Å². The number of nitrogens with zero attached hydrogens (tertiary/aromatic N) is 2. The van der Waals surface area contributed by atoms with Crippen molar-refractivity contribution in [2.45, 2.75) is 26.0 Å². The van der Waals surface area contributed by atoms with Crippen LogP contribution < -0.4 is 0 Å². The van der Waals surface area contributed by atoms with E-state index >= 15 is 0 Å². The Morgan fingerprint density at radius 3 is 3.06 bits per heavy atom. The molecule has 4 heteroatoms. The lowest BCUT2D eigenvalue weighted by molar-refractivity contribution is -0.0586. The number of halogens is 1. The molecule has 3 rings (SSSR count). The molecule has 2 heterocycles. The summed E-state index contributed by atoms with van der Waals surface area (Å²) in [6.45, 7) is 3.93. The lowest BCUT2D eigenvalue weighted by Crippen LogP contribution is -2.31. The van der Waals surface area contributed by atoms with Crippen molar-refractivity contribution in [1.29, 1.82) is 0 Å². The standard InChI is InChI=1S/C12H13BrN2O/c1-8-2-3-10(13)11-12(8)15(7-14-11)6-9-4-5-16-9/h2-3,7,9H,4-6H2,1H3. The Morgan fingerprint density at radius 2 is 2.38 bits per heavy atom. The zero-order chi connectivity index (χ0) is 11.1. The van der Waals surface area contributed by atoms with Crippen LogP contribution in [-0.4, -0.2) is 22.3 Å². The third-order valence-electron chi connectivity index (χ3n) is 3.11. The third-order valence-corrected chi connectivity index (χ3v) is 3.75. The van der Waals surface area contributed by atoms with Crippen molar-refractivity contribution in [3.63, 3.8) is 0 Å². The second-order valence-corrected chi connectivity index (χ2v) is 5.09. The fourth-order valence-electron chi connectivity index (χ4n) is 2.11. The summed E-state index contributed by atoms with van der Waals surface area (Å²) in [5.74, 6) is 0. The van der Waals surface area contributed by atoms with E-state index in [1.807, 2.05) is 6.33 Å². The van der Waals surface area contributed by atoms with E-state index in [4.69, 9.17) is 4.74 Å². The fourth-order valence-corrected chi connectivity index (χ4v) is 2.54. The highest BCUT2D eigenvalue weighted by Gasteiger charge is 2.20. The normalized spacial score (nSPS) is 20.0. The van der Waals surface area contributed by atoms with Gasteiger partial charge < -0.3 is 9.30 Å². The highest BCUT2D eigenvalue weighted by atomic mass is 79.9. The first-order chi connectivity index (χ1) is 7.75. The van der Waals surface area contributed by atoms with E-state index < -0.39 is 0 Å². The molecule has 1 aliphatic heterocycles. The van der Waals surface area contributed by atoms with Crippen molar-refractivity contribution in [3.05, 3.63) is 28.5 Å². The Kier molecular flexibility index (Phi) is 2.48. The number of rotatable bonds is 2. The summed E-state index contributed by atoms with van der Waals surface area (Å²) in [5.41, 5.74) is 3.51. The van der Waals surface area contributed by atoms with E-state index in [2.05, 4.69) is 44.5 Å². The first-order valence-electron chi connectivity index (χ1n) is 5.47. The average molecular weight is 281 g/mol. The van der Waals surface area contributed by atoms with Gasteiger partial charge in [0.25, 0.3) is 0 Å². The summed E-state index contributed by atoms with van der Waals surface area (Å²) in [6, 6.07) is 4.17. The molecular weight excluding hydrogens is 268 g/mol. The molecule has 1 aromatic heterocycles. The van der Waals surface area contributed by atoms with Crippen molar-refractivity contribution in [2.24, 2.45) is 0 Å². The Hall–Kier alpha value is -0.870. The van der Waals surface area contributed by atoms with E-state index in [1.54, 1.807) is 0 Å². The summed E-state index contributed by atoms with van der Waals surface area (Å²) in [5, 5.41) is 0. The van der Waals surface area contributed by atoms with Crippen LogP contribution in [0.2, 0.25) is 0 Å². The predicted molar refractivity (Wildman–Crippen MR) is 66.5 cm³/mol. The van der Waals surface area contributed by atoms with E-state index in [0.717, 1.165) is 29.6 Å². The van der Waals surface area contributed by atoms with Gasteiger partial charge in [0.05, 0.1) is 24.5 Å². The van der Waals surface area contributed by atoms with E-state index in [1.165, 1.54) is 11.1 Å². The number of hydrogen-bond donors (Lipinski definition) is 0. The molecule has 0 spiro atoms. The lowest BCUT2D eigenvalue weighted by atomic mass is 10.1. The van der Waals surface area contributed by atoms with Crippen LogP contribution >= 0.6 is 15.9 Å². The number of ether oxygens (including phenoxy) is 1. The summed E-state index contributed by atoms with van der Waals surface area (Å²) in [6.07, 6.45) is 3.44. The van der Waals surface area contributed by atoms with Crippen molar-refractivity contribution in [3.8, 4) is 0 Å². The van der Waals surface area contributed by atoms with Gasteiger partial charge in [-0.3, -0.25) is 0 Å². The molecule has 1 atom stereocenters. The highest BCUT2D eigenvalue weighted by Crippen LogP contribution is 2.26. The Balaban J connectivity index is 2.07. The molecule has 84 valence electrons. The Bertz CT molecular complexity index is 531. The number of aryl methyl sites for hydroxylation is 1. The van der Waals surface area contributed by atoms with Gasteiger partial charge in [-0.15, -0.1) is 0 Å². The minimum atomic E-state index is 0.371. The van der Waals surface area contributed by atoms with Gasteiger partial charge >= 0.3 is 0 Å². The first kappa shape index (κ1) is 10.3. The minimum Gasteiger partial charge on any atom is -0.376 e. The number of fused-ring (bicyclic) bond motifs is 1. The van der Waals surface area contributed by atoms with Gasteiger partial charge in [-0.05, 0) is 40.9 Å². The molecule has 1 aromatic carbocycles. The number of hydrogen-bond acceptors (Lipinski definition) is 2. The second kappa shape index (κ2) is 3.86. The number of benzene rings is 1. The SMILES string of the molecule is Cc1ccc(Br)c2ncn(CC3CCO3)c12. The van der Waals surface area contributed by atoms with Crippen LogP contribution in [-0.2, 0) is 11.3 Å². The lowest BCUT2D eigenvalue weighted by Gasteiger charge is -2.26. The Labute approximate surface area is 103 Å². The van der Waals surface area contributed by atoms with Gasteiger partial charge in [0.1, 0.15) is 5.52 Å². The van der Waals surface area contributed by atoms with E-state index in [9.17, 15) is 0 Å². The quantitative estimate of drug-likeness (QED) is 0.846. The van der Waals surface area contributed by atoms with Crippen LogP contribution in [0.1, 0.15) is 12.0 Å². The van der Waals surface area contributed by atoms with Crippen LogP contribution in [0.5, 0.6) is 0 Å². The molecule has 1 unspecified atom stereocenters. The van der Waals surface area contributed by atoms with Gasteiger partial charge in [-0.25, -0.2) is 4.98 Å². The number of aromatic nitrogens is 2.